The van der Waals surface area contributed by atoms with Crippen molar-refractivity contribution in [3.8, 4) is 0 Å². The van der Waals surface area contributed by atoms with E-state index in [9.17, 15) is 14.7 Å². The summed E-state index contributed by atoms with van der Waals surface area (Å²) in [5, 5.41) is 16.0. The Morgan fingerprint density at radius 3 is 1.77 bits per heavy atom. The number of aromatic nitrogens is 4. The highest BCUT2D eigenvalue weighted by molar-refractivity contribution is 5.81. The van der Waals surface area contributed by atoms with E-state index in [-0.39, 0.29) is 49.3 Å². The summed E-state index contributed by atoms with van der Waals surface area (Å²) >= 11 is 0. The van der Waals surface area contributed by atoms with Crippen molar-refractivity contribution >= 4 is 50.5 Å². The minimum Gasteiger partial charge on any atom is -0.469 e. The number of fused-ring (bicyclic) bond motifs is 4. The number of hydrogen-bond acceptors (Lipinski definition) is 15. The molecule has 0 saturated carbocycles. The minimum absolute atomic E-state index is 0.00355. The van der Waals surface area contributed by atoms with Gasteiger partial charge in [0.25, 0.3) is 0 Å². The van der Waals surface area contributed by atoms with E-state index in [0.717, 1.165) is 82.3 Å². The van der Waals surface area contributed by atoms with Crippen molar-refractivity contribution in [1.29, 1.82) is 0 Å². The first kappa shape index (κ1) is 59.4. The lowest BCUT2D eigenvalue weighted by Gasteiger charge is -2.25. The number of methoxy groups -OCH3 is 2. The zero-order chi connectivity index (χ0) is 53.8. The lowest BCUT2D eigenvalue weighted by atomic mass is 9.82. The molecule has 4 unspecified atom stereocenters. The maximum absolute atomic E-state index is 11.9. The molecule has 0 spiro atoms. The lowest BCUT2D eigenvalue weighted by Crippen LogP contribution is -2.23. The van der Waals surface area contributed by atoms with Crippen molar-refractivity contribution in [3.05, 3.63) is 150 Å². The van der Waals surface area contributed by atoms with Gasteiger partial charge in [-0.2, -0.15) is 0 Å². The van der Waals surface area contributed by atoms with Gasteiger partial charge < -0.3 is 25.6 Å². The van der Waals surface area contributed by atoms with Crippen LogP contribution < -0.4 is 11.1 Å². The highest BCUT2D eigenvalue weighted by atomic mass is 17.2. The van der Waals surface area contributed by atoms with E-state index in [2.05, 4.69) is 93.4 Å². The fraction of sp³-hybridized carbons (Fsp3) is 0.433. The molecule has 8 rings (SSSR count). The fourth-order valence-corrected chi connectivity index (χ4v) is 9.26. The Hall–Kier alpha value is -6.46. The van der Waals surface area contributed by atoms with E-state index < -0.39 is 0 Å². The molecular weight excluding hydrogens is 949 g/mol. The number of benzene rings is 3. The molecule has 15 heteroatoms. The van der Waals surface area contributed by atoms with Crippen LogP contribution in [0.1, 0.15) is 111 Å². The smallest absolute Gasteiger partial charge is 0.306 e. The standard InChI is InChI=1S/C18H23NO5.C16H19NO4.C15H19N.C11H17N3/c1-22-18(21)10-16(14(7-8-20)12-24-23-2)15-9-13-5-3-4-6-17(13)19-11-15;1-19-16(18)10-12(7-8-21-20-2)14-9-13-5-3-4-6-15(13)17-11-14;1-4-14(11(2)3)13-9-12-7-5-6-8-15(12)16-10-13;12-7-1-4-10-6-5-9-3-2-8-13-11(9)14-10/h3-6,9,11,14,16,20H,7-8,10,12H2,1-2H3;3-6,9,11-12H,7-8,10H2,1-2H3;5-11,14H,4H2,1-3H3;5-6H,1-4,7-8,12H2,(H,13,14). The molecule has 402 valence electrons. The number of esters is 2. The van der Waals surface area contributed by atoms with E-state index in [1.54, 1.807) is 6.20 Å². The topological polar surface area (TPSA) is 199 Å². The SMILES string of the molecule is CCC(c1cnc2ccccc2c1)C(C)C.COOCC(CCO)C(CC(=O)OC)c1cnc2ccccc2c1.COOCCC(CC(=O)OC)c1cnc2ccccc2c1.NCCCc1ccc2c(n1)NCCC2. The molecule has 0 saturated heterocycles. The van der Waals surface area contributed by atoms with Crippen LogP contribution in [0.25, 0.3) is 32.7 Å². The van der Waals surface area contributed by atoms with Gasteiger partial charge in [-0.15, -0.1) is 0 Å². The van der Waals surface area contributed by atoms with Gasteiger partial charge in [0.2, 0.25) is 0 Å². The number of para-hydroxylation sites is 3. The number of hydrogen-bond donors (Lipinski definition) is 3. The second-order valence-corrected chi connectivity index (χ2v) is 18.7. The van der Waals surface area contributed by atoms with Crippen LogP contribution >= 0.6 is 0 Å². The van der Waals surface area contributed by atoms with Crippen molar-refractivity contribution in [2.24, 2.45) is 17.6 Å². The number of nitrogens with one attached hydrogen (secondary N) is 1. The highest BCUT2D eigenvalue weighted by Crippen LogP contribution is 2.33. The molecule has 75 heavy (non-hydrogen) atoms. The molecule has 7 aromatic rings. The molecule has 3 aromatic carbocycles. The first-order valence-electron chi connectivity index (χ1n) is 26.1. The molecule has 4 atom stereocenters. The first-order valence-corrected chi connectivity index (χ1v) is 26.1. The molecule has 1 aliphatic rings. The van der Waals surface area contributed by atoms with Crippen LogP contribution in [-0.2, 0) is 51.5 Å². The summed E-state index contributed by atoms with van der Waals surface area (Å²) in [6.45, 7) is 9.28. The lowest BCUT2D eigenvalue weighted by molar-refractivity contribution is -0.281. The summed E-state index contributed by atoms with van der Waals surface area (Å²) < 4.78 is 9.59. The Labute approximate surface area is 442 Å². The average Bonchev–Trinajstić information content (AvgIpc) is 3.45. The van der Waals surface area contributed by atoms with E-state index in [1.165, 1.54) is 57.8 Å². The van der Waals surface area contributed by atoms with Gasteiger partial charge in [-0.3, -0.25) is 24.5 Å². The molecule has 0 bridgehead atoms. The average molecular weight is 1030 g/mol. The summed E-state index contributed by atoms with van der Waals surface area (Å²) in [4.78, 5) is 60.7. The maximum atomic E-state index is 11.9. The third-order valence-electron chi connectivity index (χ3n) is 13.4. The van der Waals surface area contributed by atoms with Crippen LogP contribution in [0.3, 0.4) is 0 Å². The molecule has 5 heterocycles. The van der Waals surface area contributed by atoms with Crippen LogP contribution in [0.15, 0.2) is 122 Å². The molecule has 15 nitrogen and oxygen atoms in total. The molecule has 0 fully saturated rings. The maximum Gasteiger partial charge on any atom is 0.306 e. The Balaban J connectivity index is 0.000000188. The van der Waals surface area contributed by atoms with E-state index in [4.69, 9.17) is 29.9 Å². The summed E-state index contributed by atoms with van der Waals surface area (Å²) in [5.41, 5.74) is 14.2. The van der Waals surface area contributed by atoms with E-state index >= 15 is 0 Å². The van der Waals surface area contributed by atoms with Gasteiger partial charge >= 0.3 is 11.9 Å². The number of ether oxygens (including phenoxy) is 2. The first-order chi connectivity index (χ1) is 36.5. The van der Waals surface area contributed by atoms with Gasteiger partial charge in [-0.1, -0.05) is 81.4 Å². The Kier molecular flexibility index (Phi) is 26.0. The zero-order valence-electron chi connectivity index (χ0n) is 44.9. The van der Waals surface area contributed by atoms with Gasteiger partial charge in [0, 0.05) is 59.5 Å². The number of nitrogens with zero attached hydrogens (tertiary/aromatic N) is 4. The zero-order valence-corrected chi connectivity index (χ0v) is 44.9. The number of carbonyl (C=O) groups excluding carboxylic acids is 2. The van der Waals surface area contributed by atoms with E-state index in [0.29, 0.717) is 37.7 Å². The molecule has 4 N–H and O–H groups in total. The highest BCUT2D eigenvalue weighted by Gasteiger charge is 2.27. The van der Waals surface area contributed by atoms with Crippen molar-refractivity contribution in [2.75, 3.05) is 66.7 Å². The summed E-state index contributed by atoms with van der Waals surface area (Å²) in [6, 6.07) is 34.7. The number of pyridine rings is 4. The van der Waals surface area contributed by atoms with Crippen LogP contribution in [0.5, 0.6) is 0 Å². The third kappa shape index (κ3) is 19.0. The molecule has 1 aliphatic heterocycles. The number of aliphatic hydroxyl groups is 1. The quantitative estimate of drug-likeness (QED) is 0.0250. The van der Waals surface area contributed by atoms with Crippen molar-refractivity contribution < 1.29 is 43.7 Å². The molecule has 0 amide bonds. The van der Waals surface area contributed by atoms with Crippen molar-refractivity contribution in [1.82, 2.24) is 19.9 Å². The summed E-state index contributed by atoms with van der Waals surface area (Å²) in [5.74, 6) is 1.54. The third-order valence-corrected chi connectivity index (χ3v) is 13.4. The number of rotatable bonds is 22. The van der Waals surface area contributed by atoms with E-state index in [1.807, 2.05) is 73.1 Å². The van der Waals surface area contributed by atoms with Crippen LogP contribution in [0, 0.1) is 11.8 Å². The van der Waals surface area contributed by atoms with Crippen LogP contribution in [0.2, 0.25) is 0 Å². The summed E-state index contributed by atoms with van der Waals surface area (Å²) in [7, 11) is 5.66. The van der Waals surface area contributed by atoms with Gasteiger partial charge in [0.1, 0.15) is 5.82 Å². The largest absolute Gasteiger partial charge is 0.469 e. The molecule has 4 aromatic heterocycles. The van der Waals surface area contributed by atoms with Crippen LogP contribution in [0.4, 0.5) is 5.82 Å². The minimum atomic E-state index is -0.312. The fourth-order valence-electron chi connectivity index (χ4n) is 9.26. The Bertz CT molecular complexity index is 2790. The molecule has 0 aliphatic carbocycles. The molecule has 0 radical (unpaired) electrons. The summed E-state index contributed by atoms with van der Waals surface area (Å²) in [6.07, 6.45) is 12.8. The normalized spacial score (nSPS) is 13.4. The monoisotopic (exact) mass is 1030 g/mol. The number of aryl methyl sites for hydroxylation is 2. The Morgan fingerprint density at radius 1 is 0.693 bits per heavy atom. The van der Waals surface area contributed by atoms with Gasteiger partial charge in [-0.05, 0) is 140 Å². The van der Waals surface area contributed by atoms with Crippen LogP contribution in [-0.4, -0.2) is 98.3 Å². The van der Waals surface area contributed by atoms with Gasteiger partial charge in [0.15, 0.2) is 0 Å². The van der Waals surface area contributed by atoms with Gasteiger partial charge in [-0.25, -0.2) is 24.5 Å². The number of aliphatic hydroxyl groups excluding tert-OH is 1. The van der Waals surface area contributed by atoms with Crippen molar-refractivity contribution in [2.45, 2.75) is 96.3 Å². The Morgan fingerprint density at radius 2 is 1.24 bits per heavy atom. The second-order valence-electron chi connectivity index (χ2n) is 18.7. The molecular formula is C60H78N6O9. The number of nitrogens with two attached hydrogens (primary N) is 1. The number of anilines is 1. The van der Waals surface area contributed by atoms with Crippen molar-refractivity contribution in [3.63, 3.8) is 0 Å². The number of carbonyl (C=O) groups is 2. The predicted octanol–water partition coefficient (Wildman–Crippen LogP) is 11.0. The predicted molar refractivity (Wildman–Crippen MR) is 296 cm³/mol. The second kappa shape index (κ2) is 32.8. The van der Waals surface area contributed by atoms with Gasteiger partial charge in [0.05, 0.1) is 71.0 Å².